The standard InChI is InChI=1S/C12H16N2O2S/c1-3-8(2)14-11(15)6-10(12(14)16)13-9-4-5-17-7-9/h4-5,7-8,10,13H,3,6H2,1-2H3. The van der Waals surface area contributed by atoms with E-state index in [9.17, 15) is 9.59 Å². The zero-order chi connectivity index (χ0) is 12.4. The van der Waals surface area contributed by atoms with Crippen LogP contribution in [0.5, 0.6) is 0 Å². The lowest BCUT2D eigenvalue weighted by atomic mass is 10.2. The number of carbonyl (C=O) groups excluding carboxylic acids is 2. The molecule has 0 spiro atoms. The molecule has 2 atom stereocenters. The molecule has 0 bridgehead atoms. The molecule has 0 radical (unpaired) electrons. The highest BCUT2D eigenvalue weighted by Gasteiger charge is 2.40. The van der Waals surface area contributed by atoms with E-state index in [1.54, 1.807) is 11.3 Å². The SMILES string of the molecule is CCC(C)N1C(=O)CC(Nc2ccsc2)C1=O. The van der Waals surface area contributed by atoms with Crippen LogP contribution < -0.4 is 5.32 Å². The van der Waals surface area contributed by atoms with Crippen molar-refractivity contribution in [2.24, 2.45) is 0 Å². The summed E-state index contributed by atoms with van der Waals surface area (Å²) in [5, 5.41) is 6.98. The van der Waals surface area contributed by atoms with E-state index in [0.29, 0.717) is 0 Å². The number of anilines is 1. The Morgan fingerprint density at radius 3 is 2.94 bits per heavy atom. The predicted octanol–water partition coefficient (Wildman–Crippen LogP) is 2.09. The number of hydrogen-bond donors (Lipinski definition) is 1. The Morgan fingerprint density at radius 1 is 1.59 bits per heavy atom. The van der Waals surface area contributed by atoms with Gasteiger partial charge in [0.2, 0.25) is 5.91 Å². The zero-order valence-corrected chi connectivity index (χ0v) is 10.8. The molecule has 1 aromatic heterocycles. The van der Waals surface area contributed by atoms with Crippen molar-refractivity contribution in [3.63, 3.8) is 0 Å². The second-order valence-electron chi connectivity index (χ2n) is 4.27. The molecule has 92 valence electrons. The van der Waals surface area contributed by atoms with E-state index in [-0.39, 0.29) is 24.3 Å². The first-order chi connectivity index (χ1) is 8.13. The largest absolute Gasteiger partial charge is 0.373 e. The van der Waals surface area contributed by atoms with E-state index < -0.39 is 6.04 Å². The summed E-state index contributed by atoms with van der Waals surface area (Å²) in [6.45, 7) is 3.88. The van der Waals surface area contributed by atoms with E-state index >= 15 is 0 Å². The van der Waals surface area contributed by atoms with Gasteiger partial charge in [0.15, 0.2) is 0 Å². The minimum absolute atomic E-state index is 0.00993. The van der Waals surface area contributed by atoms with Crippen LogP contribution in [0.4, 0.5) is 5.69 Å². The average molecular weight is 252 g/mol. The smallest absolute Gasteiger partial charge is 0.252 e. The molecule has 0 aliphatic carbocycles. The van der Waals surface area contributed by atoms with Gasteiger partial charge in [0, 0.05) is 17.1 Å². The van der Waals surface area contributed by atoms with E-state index in [1.165, 1.54) is 4.90 Å². The van der Waals surface area contributed by atoms with E-state index in [1.807, 2.05) is 30.7 Å². The number of nitrogens with zero attached hydrogens (tertiary/aromatic N) is 1. The Hall–Kier alpha value is -1.36. The highest BCUT2D eigenvalue weighted by Crippen LogP contribution is 2.22. The fourth-order valence-corrected chi connectivity index (χ4v) is 2.55. The van der Waals surface area contributed by atoms with Crippen molar-refractivity contribution in [1.29, 1.82) is 0 Å². The van der Waals surface area contributed by atoms with Crippen LogP contribution >= 0.6 is 11.3 Å². The molecule has 2 unspecified atom stereocenters. The molecule has 1 aromatic rings. The van der Waals surface area contributed by atoms with Crippen molar-refractivity contribution in [3.8, 4) is 0 Å². The molecule has 1 aliphatic rings. The Morgan fingerprint density at radius 2 is 2.35 bits per heavy atom. The Kier molecular flexibility index (Phi) is 3.47. The molecular formula is C12H16N2O2S. The quantitative estimate of drug-likeness (QED) is 0.835. The molecule has 2 amide bonds. The van der Waals surface area contributed by atoms with E-state index in [2.05, 4.69) is 5.32 Å². The fraction of sp³-hybridized carbons (Fsp3) is 0.500. The van der Waals surface area contributed by atoms with Gasteiger partial charge in [-0.15, -0.1) is 0 Å². The lowest BCUT2D eigenvalue weighted by molar-refractivity contribution is -0.140. The van der Waals surface area contributed by atoms with E-state index in [4.69, 9.17) is 0 Å². The molecule has 1 N–H and O–H groups in total. The molecule has 4 nitrogen and oxygen atoms in total. The third-order valence-corrected chi connectivity index (χ3v) is 3.76. The van der Waals surface area contributed by atoms with Crippen molar-refractivity contribution >= 4 is 28.8 Å². The first-order valence-corrected chi connectivity index (χ1v) is 6.72. The van der Waals surface area contributed by atoms with Crippen molar-refractivity contribution in [3.05, 3.63) is 16.8 Å². The molecule has 17 heavy (non-hydrogen) atoms. The van der Waals surface area contributed by atoms with Gasteiger partial charge in [-0.05, 0) is 24.8 Å². The maximum atomic E-state index is 12.1. The highest BCUT2D eigenvalue weighted by atomic mass is 32.1. The van der Waals surface area contributed by atoms with Crippen molar-refractivity contribution in [2.45, 2.75) is 38.8 Å². The Bertz CT molecular complexity index is 416. The van der Waals surface area contributed by atoms with Gasteiger partial charge >= 0.3 is 0 Å². The maximum Gasteiger partial charge on any atom is 0.252 e. The molecule has 5 heteroatoms. The summed E-state index contributed by atoms with van der Waals surface area (Å²) >= 11 is 1.56. The molecule has 2 rings (SSSR count). The number of nitrogens with one attached hydrogen (secondary N) is 1. The third kappa shape index (κ3) is 2.34. The van der Waals surface area contributed by atoms with Crippen LogP contribution in [-0.2, 0) is 9.59 Å². The van der Waals surface area contributed by atoms with Gasteiger partial charge in [0.05, 0.1) is 6.42 Å². The number of imide groups is 1. The second kappa shape index (κ2) is 4.87. The fourth-order valence-electron chi connectivity index (χ4n) is 1.96. The van der Waals surface area contributed by atoms with Gasteiger partial charge in [-0.3, -0.25) is 14.5 Å². The normalized spacial score (nSPS) is 22.0. The zero-order valence-electron chi connectivity index (χ0n) is 9.97. The molecule has 0 saturated carbocycles. The summed E-state index contributed by atoms with van der Waals surface area (Å²) in [4.78, 5) is 25.3. The van der Waals surface area contributed by atoms with Crippen molar-refractivity contribution < 1.29 is 9.59 Å². The summed E-state index contributed by atoms with van der Waals surface area (Å²) in [6, 6.07) is 1.50. The van der Waals surface area contributed by atoms with Gasteiger partial charge in [0.1, 0.15) is 6.04 Å². The lowest BCUT2D eigenvalue weighted by Gasteiger charge is -2.21. The van der Waals surface area contributed by atoms with Crippen molar-refractivity contribution in [1.82, 2.24) is 4.90 Å². The monoisotopic (exact) mass is 252 g/mol. The van der Waals surface area contributed by atoms with Crippen LogP contribution in [0, 0.1) is 0 Å². The number of rotatable bonds is 4. The van der Waals surface area contributed by atoms with Crippen LogP contribution in [0.1, 0.15) is 26.7 Å². The van der Waals surface area contributed by atoms with Crippen molar-refractivity contribution in [2.75, 3.05) is 5.32 Å². The van der Waals surface area contributed by atoms with Crippen LogP contribution in [-0.4, -0.2) is 28.8 Å². The van der Waals surface area contributed by atoms with Crippen LogP contribution in [0.25, 0.3) is 0 Å². The molecule has 1 fully saturated rings. The number of likely N-dealkylation sites (tertiary alicyclic amines) is 1. The topological polar surface area (TPSA) is 49.4 Å². The van der Waals surface area contributed by atoms with Gasteiger partial charge in [0.25, 0.3) is 5.91 Å². The predicted molar refractivity (Wildman–Crippen MR) is 68.0 cm³/mol. The van der Waals surface area contributed by atoms with E-state index in [0.717, 1.165) is 12.1 Å². The van der Waals surface area contributed by atoms with Crippen LogP contribution in [0.2, 0.25) is 0 Å². The summed E-state index contributed by atoms with van der Waals surface area (Å²) < 4.78 is 0. The summed E-state index contributed by atoms with van der Waals surface area (Å²) in [7, 11) is 0. The second-order valence-corrected chi connectivity index (χ2v) is 5.05. The summed E-state index contributed by atoms with van der Waals surface area (Å²) in [5.41, 5.74) is 0.909. The third-order valence-electron chi connectivity index (χ3n) is 3.08. The Balaban J connectivity index is 2.08. The molecular weight excluding hydrogens is 236 g/mol. The number of thiophene rings is 1. The van der Waals surface area contributed by atoms with Gasteiger partial charge in [-0.2, -0.15) is 11.3 Å². The number of hydrogen-bond acceptors (Lipinski definition) is 4. The number of amides is 2. The minimum Gasteiger partial charge on any atom is -0.373 e. The average Bonchev–Trinajstić information content (AvgIpc) is 2.89. The summed E-state index contributed by atoms with van der Waals surface area (Å²) in [5.74, 6) is -0.173. The van der Waals surface area contributed by atoms with Crippen LogP contribution in [0.15, 0.2) is 16.8 Å². The number of carbonyl (C=O) groups is 2. The van der Waals surface area contributed by atoms with Crippen LogP contribution in [0.3, 0.4) is 0 Å². The lowest BCUT2D eigenvalue weighted by Crippen LogP contribution is -2.40. The molecule has 1 saturated heterocycles. The highest BCUT2D eigenvalue weighted by molar-refractivity contribution is 7.08. The van der Waals surface area contributed by atoms with Gasteiger partial charge in [-0.1, -0.05) is 6.92 Å². The summed E-state index contributed by atoms with van der Waals surface area (Å²) in [6.07, 6.45) is 1.06. The Labute approximate surface area is 105 Å². The van der Waals surface area contributed by atoms with Gasteiger partial charge in [-0.25, -0.2) is 0 Å². The first-order valence-electron chi connectivity index (χ1n) is 5.78. The first kappa shape index (κ1) is 12.1. The maximum absolute atomic E-state index is 12.1. The molecule has 0 aromatic carbocycles. The van der Waals surface area contributed by atoms with Gasteiger partial charge < -0.3 is 5.32 Å². The minimum atomic E-state index is -0.397. The molecule has 1 aliphatic heterocycles. The molecule has 2 heterocycles.